The zero-order chi connectivity index (χ0) is 18.4. The molecule has 1 aromatic carbocycles. The molecule has 8 heteroatoms. The molecule has 0 spiro atoms. The number of carbonyl (C=O) groups excluding carboxylic acids is 1. The first-order valence-corrected chi connectivity index (χ1v) is 9.41. The van der Waals surface area contributed by atoms with E-state index >= 15 is 0 Å². The van der Waals surface area contributed by atoms with Gasteiger partial charge in [-0.15, -0.1) is 0 Å². The summed E-state index contributed by atoms with van der Waals surface area (Å²) in [5.41, 5.74) is 4.35. The van der Waals surface area contributed by atoms with Crippen LogP contribution in [0, 0.1) is 0 Å². The Morgan fingerprint density at radius 3 is 2.88 bits per heavy atom. The van der Waals surface area contributed by atoms with Crippen molar-refractivity contribution in [1.29, 1.82) is 0 Å². The van der Waals surface area contributed by atoms with Gasteiger partial charge in [0.15, 0.2) is 0 Å². The van der Waals surface area contributed by atoms with E-state index in [2.05, 4.69) is 27.4 Å². The maximum absolute atomic E-state index is 12.3. The van der Waals surface area contributed by atoms with E-state index in [9.17, 15) is 4.79 Å². The predicted octanol–water partition coefficient (Wildman–Crippen LogP) is 3.83. The Bertz CT molecular complexity index is 1010. The average Bonchev–Trinajstić information content (AvgIpc) is 3.16. The van der Waals surface area contributed by atoms with E-state index in [1.165, 1.54) is 4.80 Å². The molecule has 0 radical (unpaired) electrons. The third kappa shape index (κ3) is 2.77. The van der Waals surface area contributed by atoms with Crippen LogP contribution in [0.5, 0.6) is 0 Å². The quantitative estimate of drug-likeness (QED) is 0.712. The van der Waals surface area contributed by atoms with Gasteiger partial charge in [0.25, 0.3) is 0 Å². The van der Waals surface area contributed by atoms with Gasteiger partial charge in [-0.3, -0.25) is 4.79 Å². The highest BCUT2D eigenvalue weighted by molar-refractivity contribution is 6.45. The SMILES string of the molecule is CCCC1CNC(=O)Cc2c1[nH]c1c(Cl)c(Cl)cc(-c3cnn(C)n3)c21. The number of carbonyl (C=O) groups is 1. The van der Waals surface area contributed by atoms with Gasteiger partial charge in [0.1, 0.15) is 5.69 Å². The Kier molecular flexibility index (Phi) is 4.40. The van der Waals surface area contributed by atoms with Gasteiger partial charge in [-0.05, 0) is 18.1 Å². The number of hydrogen-bond donors (Lipinski definition) is 2. The van der Waals surface area contributed by atoms with Crippen molar-refractivity contribution < 1.29 is 4.79 Å². The molecular weight excluding hydrogens is 373 g/mol. The second kappa shape index (κ2) is 6.59. The molecule has 1 aliphatic rings. The fourth-order valence-electron chi connectivity index (χ4n) is 3.76. The van der Waals surface area contributed by atoms with Gasteiger partial charge in [0.2, 0.25) is 5.91 Å². The summed E-state index contributed by atoms with van der Waals surface area (Å²) in [6.45, 7) is 2.77. The summed E-state index contributed by atoms with van der Waals surface area (Å²) in [6.07, 6.45) is 4.01. The molecule has 3 heterocycles. The molecule has 0 fully saturated rings. The molecule has 1 aliphatic heterocycles. The lowest BCUT2D eigenvalue weighted by Gasteiger charge is -2.13. The molecule has 0 saturated heterocycles. The van der Waals surface area contributed by atoms with Crippen LogP contribution in [0.1, 0.15) is 36.9 Å². The molecule has 4 rings (SSSR count). The second-order valence-corrected chi connectivity index (χ2v) is 7.46. The molecular formula is C18H19Cl2N5O. The van der Waals surface area contributed by atoms with Crippen LogP contribution in [0.2, 0.25) is 10.0 Å². The highest BCUT2D eigenvalue weighted by Crippen LogP contribution is 2.42. The van der Waals surface area contributed by atoms with Crippen molar-refractivity contribution in [3.63, 3.8) is 0 Å². The zero-order valence-electron chi connectivity index (χ0n) is 14.6. The van der Waals surface area contributed by atoms with Gasteiger partial charge in [-0.25, -0.2) is 0 Å². The standard InChI is InChI=1S/C18H19Cl2N5O/c1-3-4-9-7-21-14(26)6-11-15-10(13-8-22-25(2)24-13)5-12(19)16(20)18(15)23-17(9)11/h5,8-9,23H,3-4,6-7H2,1-2H3,(H,21,26). The topological polar surface area (TPSA) is 75.6 Å². The van der Waals surface area contributed by atoms with Crippen molar-refractivity contribution in [2.75, 3.05) is 6.54 Å². The van der Waals surface area contributed by atoms with Gasteiger partial charge >= 0.3 is 0 Å². The van der Waals surface area contributed by atoms with Crippen molar-refractivity contribution in [2.45, 2.75) is 32.1 Å². The van der Waals surface area contributed by atoms with Gasteiger partial charge in [0.05, 0.1) is 28.2 Å². The smallest absolute Gasteiger partial charge is 0.224 e. The number of aromatic amines is 1. The largest absolute Gasteiger partial charge is 0.357 e. The first-order valence-electron chi connectivity index (χ1n) is 8.65. The maximum Gasteiger partial charge on any atom is 0.224 e. The lowest BCUT2D eigenvalue weighted by Crippen LogP contribution is -2.26. The van der Waals surface area contributed by atoms with Crippen molar-refractivity contribution in [3.8, 4) is 11.3 Å². The number of nitrogens with zero attached hydrogens (tertiary/aromatic N) is 3. The summed E-state index contributed by atoms with van der Waals surface area (Å²) in [6, 6.07) is 1.81. The van der Waals surface area contributed by atoms with Crippen LogP contribution >= 0.6 is 23.2 Å². The van der Waals surface area contributed by atoms with Crippen LogP contribution in [0.15, 0.2) is 12.3 Å². The highest BCUT2D eigenvalue weighted by Gasteiger charge is 2.28. The number of nitrogens with one attached hydrogen (secondary N) is 2. The minimum Gasteiger partial charge on any atom is -0.357 e. The van der Waals surface area contributed by atoms with E-state index in [0.29, 0.717) is 28.7 Å². The Balaban J connectivity index is 2.05. The molecule has 136 valence electrons. The Morgan fingerprint density at radius 2 is 2.19 bits per heavy atom. The van der Waals surface area contributed by atoms with Gasteiger partial charge < -0.3 is 10.3 Å². The molecule has 1 unspecified atom stereocenters. The summed E-state index contributed by atoms with van der Waals surface area (Å²) >= 11 is 12.9. The number of rotatable bonds is 3. The van der Waals surface area contributed by atoms with Gasteiger partial charge in [0, 0.05) is 36.2 Å². The number of halogens is 2. The maximum atomic E-state index is 12.3. The second-order valence-electron chi connectivity index (χ2n) is 6.67. The Labute approximate surface area is 160 Å². The molecule has 6 nitrogen and oxygen atoms in total. The predicted molar refractivity (Wildman–Crippen MR) is 103 cm³/mol. The van der Waals surface area contributed by atoms with Crippen LogP contribution in [-0.4, -0.2) is 32.4 Å². The summed E-state index contributed by atoms with van der Waals surface area (Å²) in [5, 5.41) is 13.4. The lowest BCUT2D eigenvalue weighted by atomic mass is 9.94. The third-order valence-electron chi connectivity index (χ3n) is 4.91. The van der Waals surface area contributed by atoms with E-state index < -0.39 is 0 Å². The molecule has 0 saturated carbocycles. The fraction of sp³-hybridized carbons (Fsp3) is 0.389. The summed E-state index contributed by atoms with van der Waals surface area (Å²) < 4.78 is 0. The summed E-state index contributed by atoms with van der Waals surface area (Å²) in [5.74, 6) is 0.236. The Morgan fingerprint density at radius 1 is 1.38 bits per heavy atom. The van der Waals surface area contributed by atoms with Crippen LogP contribution in [0.25, 0.3) is 22.2 Å². The van der Waals surface area contributed by atoms with E-state index in [-0.39, 0.29) is 11.8 Å². The number of aromatic nitrogens is 4. The molecule has 2 aromatic heterocycles. The monoisotopic (exact) mass is 391 g/mol. The van der Waals surface area contributed by atoms with E-state index in [0.717, 1.165) is 40.6 Å². The van der Waals surface area contributed by atoms with Crippen molar-refractivity contribution in [2.24, 2.45) is 7.05 Å². The minimum atomic E-state index is 0.0157. The highest BCUT2D eigenvalue weighted by atomic mass is 35.5. The molecule has 3 aromatic rings. The van der Waals surface area contributed by atoms with Gasteiger partial charge in [-0.1, -0.05) is 36.5 Å². The zero-order valence-corrected chi connectivity index (χ0v) is 16.1. The van der Waals surface area contributed by atoms with E-state index in [4.69, 9.17) is 23.2 Å². The summed E-state index contributed by atoms with van der Waals surface area (Å²) in [7, 11) is 1.76. The average molecular weight is 392 g/mol. The molecule has 0 aliphatic carbocycles. The number of hydrogen-bond acceptors (Lipinski definition) is 3. The van der Waals surface area contributed by atoms with Crippen molar-refractivity contribution in [3.05, 3.63) is 33.6 Å². The fourth-order valence-corrected chi connectivity index (χ4v) is 4.16. The number of amides is 1. The number of benzene rings is 1. The normalized spacial score (nSPS) is 17.2. The Hall–Kier alpha value is -2.05. The first-order chi connectivity index (χ1) is 12.5. The van der Waals surface area contributed by atoms with Crippen LogP contribution in [-0.2, 0) is 18.3 Å². The minimum absolute atomic E-state index is 0.0157. The van der Waals surface area contributed by atoms with Crippen LogP contribution in [0.3, 0.4) is 0 Å². The molecule has 2 N–H and O–H groups in total. The van der Waals surface area contributed by atoms with Crippen molar-refractivity contribution >= 4 is 40.0 Å². The first kappa shape index (κ1) is 17.4. The van der Waals surface area contributed by atoms with E-state index in [1.54, 1.807) is 13.2 Å². The number of aryl methyl sites for hydroxylation is 1. The molecule has 26 heavy (non-hydrogen) atoms. The van der Waals surface area contributed by atoms with E-state index in [1.807, 2.05) is 6.07 Å². The molecule has 1 amide bonds. The number of fused-ring (bicyclic) bond motifs is 3. The van der Waals surface area contributed by atoms with Crippen LogP contribution < -0.4 is 5.32 Å². The van der Waals surface area contributed by atoms with Gasteiger partial charge in [-0.2, -0.15) is 15.0 Å². The summed E-state index contributed by atoms with van der Waals surface area (Å²) in [4.78, 5) is 17.3. The number of H-pyrrole nitrogens is 1. The van der Waals surface area contributed by atoms with Crippen LogP contribution in [0.4, 0.5) is 0 Å². The third-order valence-corrected chi connectivity index (χ3v) is 5.70. The van der Waals surface area contributed by atoms with Crippen molar-refractivity contribution in [1.82, 2.24) is 25.3 Å². The lowest BCUT2D eigenvalue weighted by molar-refractivity contribution is -0.120. The molecule has 0 bridgehead atoms. The molecule has 1 atom stereocenters.